The topological polar surface area (TPSA) is 39.7 Å². The SMILES string of the molecule is CCNC(CSCCCOC)c1ccc(OC)cc1OC. The number of hydrogen-bond donors (Lipinski definition) is 1. The first-order valence-corrected chi connectivity index (χ1v) is 8.44. The Morgan fingerprint density at radius 1 is 1.19 bits per heavy atom. The summed E-state index contributed by atoms with van der Waals surface area (Å²) < 4.78 is 15.8. The van der Waals surface area contributed by atoms with Crippen LogP contribution in [0.2, 0.25) is 0 Å². The number of ether oxygens (including phenoxy) is 3. The molecule has 1 aromatic carbocycles. The summed E-state index contributed by atoms with van der Waals surface area (Å²) in [5, 5.41) is 3.53. The van der Waals surface area contributed by atoms with Crippen LogP contribution in [0.25, 0.3) is 0 Å². The number of thioether (sulfide) groups is 1. The van der Waals surface area contributed by atoms with Gasteiger partial charge in [-0.05, 0) is 24.8 Å². The molecule has 0 saturated carbocycles. The van der Waals surface area contributed by atoms with E-state index in [0.717, 1.165) is 42.6 Å². The zero-order chi connectivity index (χ0) is 15.5. The molecule has 0 aromatic heterocycles. The van der Waals surface area contributed by atoms with Gasteiger partial charge in [-0.2, -0.15) is 11.8 Å². The van der Waals surface area contributed by atoms with E-state index in [-0.39, 0.29) is 6.04 Å². The van der Waals surface area contributed by atoms with Gasteiger partial charge in [-0.15, -0.1) is 0 Å². The highest BCUT2D eigenvalue weighted by molar-refractivity contribution is 7.99. The van der Waals surface area contributed by atoms with Gasteiger partial charge in [-0.25, -0.2) is 0 Å². The Morgan fingerprint density at radius 3 is 2.62 bits per heavy atom. The molecule has 1 aromatic rings. The first-order chi connectivity index (χ1) is 10.3. The third-order valence-corrected chi connectivity index (χ3v) is 4.33. The van der Waals surface area contributed by atoms with E-state index in [1.54, 1.807) is 21.3 Å². The average molecular weight is 313 g/mol. The highest BCUT2D eigenvalue weighted by atomic mass is 32.2. The average Bonchev–Trinajstić information content (AvgIpc) is 2.53. The van der Waals surface area contributed by atoms with Crippen molar-refractivity contribution in [2.75, 3.05) is 46.0 Å². The van der Waals surface area contributed by atoms with E-state index in [1.165, 1.54) is 5.56 Å². The Hall–Kier alpha value is -0.910. The Kier molecular flexibility index (Phi) is 9.30. The van der Waals surface area contributed by atoms with Crippen molar-refractivity contribution in [3.63, 3.8) is 0 Å². The van der Waals surface area contributed by atoms with Crippen molar-refractivity contribution in [1.29, 1.82) is 0 Å². The van der Waals surface area contributed by atoms with Gasteiger partial charge < -0.3 is 19.5 Å². The van der Waals surface area contributed by atoms with E-state index in [4.69, 9.17) is 14.2 Å². The molecule has 4 nitrogen and oxygen atoms in total. The molecule has 0 aliphatic rings. The zero-order valence-corrected chi connectivity index (χ0v) is 14.3. The molecule has 120 valence electrons. The number of benzene rings is 1. The molecule has 0 amide bonds. The van der Waals surface area contributed by atoms with Crippen LogP contribution >= 0.6 is 11.8 Å². The second kappa shape index (κ2) is 10.8. The summed E-state index contributed by atoms with van der Waals surface area (Å²) in [6.45, 7) is 3.88. The monoisotopic (exact) mass is 313 g/mol. The van der Waals surface area contributed by atoms with Crippen LogP contribution in [0, 0.1) is 0 Å². The summed E-state index contributed by atoms with van der Waals surface area (Å²) >= 11 is 1.94. The first-order valence-electron chi connectivity index (χ1n) is 7.28. The van der Waals surface area contributed by atoms with E-state index in [1.807, 2.05) is 23.9 Å². The second-order valence-corrected chi connectivity index (χ2v) is 5.79. The molecule has 21 heavy (non-hydrogen) atoms. The van der Waals surface area contributed by atoms with Crippen molar-refractivity contribution in [1.82, 2.24) is 5.32 Å². The minimum absolute atomic E-state index is 0.281. The van der Waals surface area contributed by atoms with Crippen molar-refractivity contribution in [3.8, 4) is 11.5 Å². The van der Waals surface area contributed by atoms with Gasteiger partial charge in [0.05, 0.1) is 14.2 Å². The highest BCUT2D eigenvalue weighted by Crippen LogP contribution is 2.31. The molecular weight excluding hydrogens is 286 g/mol. The van der Waals surface area contributed by atoms with Crippen LogP contribution in [-0.2, 0) is 4.74 Å². The van der Waals surface area contributed by atoms with E-state index in [9.17, 15) is 0 Å². The lowest BCUT2D eigenvalue weighted by atomic mass is 10.1. The molecule has 1 unspecified atom stereocenters. The van der Waals surface area contributed by atoms with Gasteiger partial charge in [0, 0.05) is 37.1 Å². The zero-order valence-electron chi connectivity index (χ0n) is 13.5. The molecule has 0 saturated heterocycles. The summed E-state index contributed by atoms with van der Waals surface area (Å²) in [7, 11) is 5.11. The smallest absolute Gasteiger partial charge is 0.127 e. The van der Waals surface area contributed by atoms with Gasteiger partial charge in [0.25, 0.3) is 0 Å². The Labute approximate surface area is 132 Å². The minimum atomic E-state index is 0.281. The predicted molar refractivity (Wildman–Crippen MR) is 89.8 cm³/mol. The van der Waals surface area contributed by atoms with Gasteiger partial charge in [-0.3, -0.25) is 0 Å². The maximum atomic E-state index is 5.51. The summed E-state index contributed by atoms with van der Waals surface area (Å²) in [5.74, 6) is 3.81. The lowest BCUT2D eigenvalue weighted by Crippen LogP contribution is -2.23. The quantitative estimate of drug-likeness (QED) is 0.636. The van der Waals surface area contributed by atoms with E-state index in [0.29, 0.717) is 0 Å². The molecule has 0 bridgehead atoms. The molecule has 0 aliphatic carbocycles. The summed E-state index contributed by atoms with van der Waals surface area (Å²) in [6.07, 6.45) is 1.08. The molecule has 0 aliphatic heterocycles. The molecule has 1 rings (SSSR count). The van der Waals surface area contributed by atoms with Crippen LogP contribution in [0.5, 0.6) is 11.5 Å². The van der Waals surface area contributed by atoms with E-state index in [2.05, 4.69) is 18.3 Å². The van der Waals surface area contributed by atoms with Crippen molar-refractivity contribution in [2.45, 2.75) is 19.4 Å². The largest absolute Gasteiger partial charge is 0.497 e. The predicted octanol–water partition coefficient (Wildman–Crippen LogP) is 3.12. The van der Waals surface area contributed by atoms with Crippen LogP contribution in [0.1, 0.15) is 24.9 Å². The molecule has 0 radical (unpaired) electrons. The summed E-state index contributed by atoms with van der Waals surface area (Å²) in [5.41, 5.74) is 1.18. The summed E-state index contributed by atoms with van der Waals surface area (Å²) in [4.78, 5) is 0. The van der Waals surface area contributed by atoms with Crippen LogP contribution in [-0.4, -0.2) is 46.0 Å². The third kappa shape index (κ3) is 6.16. The van der Waals surface area contributed by atoms with Crippen molar-refractivity contribution in [3.05, 3.63) is 23.8 Å². The van der Waals surface area contributed by atoms with Crippen LogP contribution < -0.4 is 14.8 Å². The number of methoxy groups -OCH3 is 3. The number of rotatable bonds is 11. The maximum Gasteiger partial charge on any atom is 0.127 e. The fourth-order valence-corrected chi connectivity index (χ4v) is 3.14. The van der Waals surface area contributed by atoms with Gasteiger partial charge in [0.2, 0.25) is 0 Å². The normalized spacial score (nSPS) is 12.2. The van der Waals surface area contributed by atoms with Crippen LogP contribution in [0.15, 0.2) is 18.2 Å². The van der Waals surface area contributed by atoms with Gasteiger partial charge in [0.15, 0.2) is 0 Å². The number of nitrogens with one attached hydrogen (secondary N) is 1. The minimum Gasteiger partial charge on any atom is -0.497 e. The van der Waals surface area contributed by atoms with Crippen molar-refractivity contribution in [2.24, 2.45) is 0 Å². The summed E-state index contributed by atoms with van der Waals surface area (Å²) in [6, 6.07) is 6.29. The molecule has 0 fully saturated rings. The Morgan fingerprint density at radius 2 is 2.00 bits per heavy atom. The highest BCUT2D eigenvalue weighted by Gasteiger charge is 2.16. The molecule has 0 heterocycles. The standard InChI is InChI=1S/C16H27NO3S/c1-5-17-15(12-21-10-6-9-18-2)14-8-7-13(19-3)11-16(14)20-4/h7-8,11,15,17H,5-6,9-10,12H2,1-4H3. The van der Waals surface area contributed by atoms with E-state index < -0.39 is 0 Å². The van der Waals surface area contributed by atoms with Gasteiger partial charge >= 0.3 is 0 Å². The van der Waals surface area contributed by atoms with Gasteiger partial charge in [-0.1, -0.05) is 13.0 Å². The second-order valence-electron chi connectivity index (χ2n) is 4.64. The molecule has 1 atom stereocenters. The fourth-order valence-electron chi connectivity index (χ4n) is 2.12. The molecule has 0 spiro atoms. The van der Waals surface area contributed by atoms with Crippen LogP contribution in [0.4, 0.5) is 0 Å². The number of hydrogen-bond acceptors (Lipinski definition) is 5. The Balaban J connectivity index is 2.70. The Bertz CT molecular complexity index is 401. The first kappa shape index (κ1) is 18.1. The van der Waals surface area contributed by atoms with E-state index >= 15 is 0 Å². The van der Waals surface area contributed by atoms with Crippen LogP contribution in [0.3, 0.4) is 0 Å². The lowest BCUT2D eigenvalue weighted by Gasteiger charge is -2.21. The molecule has 1 N–H and O–H groups in total. The fraction of sp³-hybridized carbons (Fsp3) is 0.625. The molecular formula is C16H27NO3S. The maximum absolute atomic E-state index is 5.51. The van der Waals surface area contributed by atoms with Crippen molar-refractivity contribution < 1.29 is 14.2 Å². The third-order valence-electron chi connectivity index (χ3n) is 3.19. The van der Waals surface area contributed by atoms with Crippen molar-refractivity contribution >= 4 is 11.8 Å². The van der Waals surface area contributed by atoms with Gasteiger partial charge in [0.1, 0.15) is 11.5 Å². The lowest BCUT2D eigenvalue weighted by molar-refractivity contribution is 0.200. The molecule has 5 heteroatoms.